The number of nitrogens with zero attached hydrogens (tertiary/aromatic N) is 1. The van der Waals surface area contributed by atoms with Crippen LogP contribution in [0, 0.1) is 11.3 Å². The third-order valence-corrected chi connectivity index (χ3v) is 4.34. The van der Waals surface area contributed by atoms with Crippen LogP contribution in [-0.4, -0.2) is 54.4 Å². The van der Waals surface area contributed by atoms with E-state index in [1.54, 1.807) is 0 Å². The monoisotopic (exact) mass is 270 g/mol. The third-order valence-electron chi connectivity index (χ3n) is 4.34. The van der Waals surface area contributed by atoms with Gasteiger partial charge in [-0.1, -0.05) is 13.8 Å². The van der Waals surface area contributed by atoms with E-state index < -0.39 is 12.1 Å². The molecule has 2 aliphatic rings. The molecular formula is C13H22N2O4. The fourth-order valence-corrected chi connectivity index (χ4v) is 2.47. The van der Waals surface area contributed by atoms with Crippen LogP contribution in [0.25, 0.3) is 0 Å². The van der Waals surface area contributed by atoms with E-state index in [9.17, 15) is 9.59 Å². The van der Waals surface area contributed by atoms with Crippen molar-refractivity contribution in [2.45, 2.75) is 32.8 Å². The molecule has 0 aromatic heterocycles. The Labute approximate surface area is 113 Å². The Kier molecular flexibility index (Phi) is 3.99. The number of rotatable bonds is 4. The summed E-state index contributed by atoms with van der Waals surface area (Å²) in [5, 5.41) is 11.8. The van der Waals surface area contributed by atoms with Crippen molar-refractivity contribution in [1.82, 2.24) is 10.2 Å². The Morgan fingerprint density at radius 2 is 2.16 bits per heavy atom. The number of carbonyl (C=O) groups is 2. The van der Waals surface area contributed by atoms with E-state index in [-0.39, 0.29) is 24.6 Å². The van der Waals surface area contributed by atoms with Crippen LogP contribution in [-0.2, 0) is 9.53 Å². The summed E-state index contributed by atoms with van der Waals surface area (Å²) in [5.74, 6) is -0.456. The maximum atomic E-state index is 12.0. The van der Waals surface area contributed by atoms with E-state index in [2.05, 4.69) is 19.2 Å². The largest absolute Gasteiger partial charge is 0.479 e. The molecule has 19 heavy (non-hydrogen) atoms. The predicted octanol–water partition coefficient (Wildman–Crippen LogP) is 0.918. The molecule has 1 aliphatic carbocycles. The number of carbonyl (C=O) groups excluding carboxylic acids is 1. The molecule has 2 amide bonds. The van der Waals surface area contributed by atoms with E-state index in [0.29, 0.717) is 19.0 Å². The van der Waals surface area contributed by atoms with Crippen molar-refractivity contribution in [1.29, 1.82) is 0 Å². The van der Waals surface area contributed by atoms with E-state index in [4.69, 9.17) is 9.84 Å². The number of hydrogen-bond donors (Lipinski definition) is 2. The van der Waals surface area contributed by atoms with Crippen molar-refractivity contribution in [3.05, 3.63) is 0 Å². The van der Waals surface area contributed by atoms with E-state index >= 15 is 0 Å². The minimum Gasteiger partial charge on any atom is -0.479 e. The summed E-state index contributed by atoms with van der Waals surface area (Å²) >= 11 is 0. The molecule has 0 bridgehead atoms. The van der Waals surface area contributed by atoms with Crippen molar-refractivity contribution in [3.63, 3.8) is 0 Å². The highest BCUT2D eigenvalue weighted by atomic mass is 16.5. The van der Waals surface area contributed by atoms with Crippen molar-refractivity contribution >= 4 is 12.0 Å². The van der Waals surface area contributed by atoms with Gasteiger partial charge in [0, 0.05) is 13.1 Å². The number of carboxylic acids is 1. The highest BCUT2D eigenvalue weighted by molar-refractivity contribution is 5.77. The molecule has 6 heteroatoms. The average molecular weight is 270 g/mol. The van der Waals surface area contributed by atoms with Crippen LogP contribution in [0.5, 0.6) is 0 Å². The van der Waals surface area contributed by atoms with Gasteiger partial charge in [0.1, 0.15) is 0 Å². The van der Waals surface area contributed by atoms with Crippen LogP contribution in [0.1, 0.15) is 26.7 Å². The first-order chi connectivity index (χ1) is 8.94. The van der Waals surface area contributed by atoms with Crippen LogP contribution >= 0.6 is 0 Å². The fourth-order valence-electron chi connectivity index (χ4n) is 2.47. The van der Waals surface area contributed by atoms with Crippen LogP contribution in [0.15, 0.2) is 0 Å². The second-order valence-corrected chi connectivity index (χ2v) is 5.82. The number of morpholine rings is 1. The first kappa shape index (κ1) is 14.1. The standard InChI is InChI=1S/C13H22N2O4/c1-9(2)13(3-4-13)8-14-12(18)15-5-6-19-10(7-15)11(16)17/h9-10H,3-8H2,1-2H3,(H,14,18)(H,16,17). The van der Waals surface area contributed by atoms with Gasteiger partial charge in [-0.2, -0.15) is 0 Å². The van der Waals surface area contributed by atoms with Gasteiger partial charge in [-0.25, -0.2) is 9.59 Å². The first-order valence-electron chi connectivity index (χ1n) is 6.82. The zero-order valence-corrected chi connectivity index (χ0v) is 11.5. The van der Waals surface area contributed by atoms with Crippen molar-refractivity contribution in [2.75, 3.05) is 26.2 Å². The van der Waals surface area contributed by atoms with Crippen molar-refractivity contribution in [2.24, 2.45) is 11.3 Å². The molecule has 1 heterocycles. The van der Waals surface area contributed by atoms with Gasteiger partial charge in [0.25, 0.3) is 0 Å². The Hall–Kier alpha value is -1.30. The van der Waals surface area contributed by atoms with Gasteiger partial charge in [0.15, 0.2) is 6.10 Å². The number of amides is 2. The van der Waals surface area contributed by atoms with Crippen LogP contribution in [0.4, 0.5) is 4.79 Å². The second kappa shape index (κ2) is 5.36. The molecule has 2 rings (SSSR count). The Morgan fingerprint density at radius 3 is 2.68 bits per heavy atom. The molecule has 1 aliphatic heterocycles. The van der Waals surface area contributed by atoms with Gasteiger partial charge in [0.2, 0.25) is 0 Å². The zero-order valence-electron chi connectivity index (χ0n) is 11.5. The van der Waals surface area contributed by atoms with Crippen LogP contribution < -0.4 is 5.32 Å². The molecule has 2 N–H and O–H groups in total. The molecule has 6 nitrogen and oxygen atoms in total. The second-order valence-electron chi connectivity index (χ2n) is 5.82. The molecule has 0 aromatic carbocycles. The predicted molar refractivity (Wildman–Crippen MR) is 68.9 cm³/mol. The summed E-state index contributed by atoms with van der Waals surface area (Å²) in [6.45, 7) is 5.88. The molecule has 1 saturated carbocycles. The van der Waals surface area contributed by atoms with Gasteiger partial charge in [-0.15, -0.1) is 0 Å². The molecule has 1 saturated heterocycles. The molecule has 0 aromatic rings. The number of urea groups is 1. The summed E-state index contributed by atoms with van der Waals surface area (Å²) in [6.07, 6.45) is 1.41. The Bertz CT molecular complexity index is 366. The van der Waals surface area contributed by atoms with E-state index in [1.807, 2.05) is 0 Å². The number of ether oxygens (including phenoxy) is 1. The SMILES string of the molecule is CC(C)C1(CNC(=O)N2CCOC(C(=O)O)C2)CC1. The minimum atomic E-state index is -1.02. The normalized spacial score (nSPS) is 25.2. The number of aliphatic carboxylic acids is 1. The van der Waals surface area contributed by atoms with E-state index in [1.165, 1.54) is 4.90 Å². The van der Waals surface area contributed by atoms with Crippen LogP contribution in [0.2, 0.25) is 0 Å². The lowest BCUT2D eigenvalue weighted by molar-refractivity contribution is -0.154. The number of hydrogen-bond acceptors (Lipinski definition) is 3. The zero-order chi connectivity index (χ0) is 14.0. The maximum Gasteiger partial charge on any atom is 0.334 e. The molecule has 1 atom stereocenters. The van der Waals surface area contributed by atoms with Crippen molar-refractivity contribution in [3.8, 4) is 0 Å². The summed E-state index contributed by atoms with van der Waals surface area (Å²) in [6, 6.07) is -0.179. The van der Waals surface area contributed by atoms with Gasteiger partial charge in [-0.05, 0) is 24.2 Å². The summed E-state index contributed by atoms with van der Waals surface area (Å²) in [5.41, 5.74) is 0.258. The average Bonchev–Trinajstić information content (AvgIpc) is 3.17. The molecule has 0 spiro atoms. The minimum absolute atomic E-state index is 0.121. The molecular weight excluding hydrogens is 248 g/mol. The van der Waals surface area contributed by atoms with Gasteiger partial charge >= 0.3 is 12.0 Å². The third kappa shape index (κ3) is 3.18. The summed E-state index contributed by atoms with van der Waals surface area (Å²) in [7, 11) is 0. The number of carboxylic acid groups (broad SMARTS) is 1. The highest BCUT2D eigenvalue weighted by Crippen LogP contribution is 2.51. The molecule has 2 fully saturated rings. The Balaban J connectivity index is 1.81. The topological polar surface area (TPSA) is 78.9 Å². The lowest BCUT2D eigenvalue weighted by Gasteiger charge is -2.31. The summed E-state index contributed by atoms with van der Waals surface area (Å²) < 4.78 is 5.09. The number of nitrogens with one attached hydrogen (secondary N) is 1. The lowest BCUT2D eigenvalue weighted by Crippen LogP contribution is -2.52. The highest BCUT2D eigenvalue weighted by Gasteiger charge is 2.45. The first-order valence-corrected chi connectivity index (χ1v) is 6.82. The van der Waals surface area contributed by atoms with Gasteiger partial charge in [0.05, 0.1) is 13.2 Å². The molecule has 1 unspecified atom stereocenters. The summed E-state index contributed by atoms with van der Waals surface area (Å²) in [4.78, 5) is 24.4. The van der Waals surface area contributed by atoms with Gasteiger partial charge in [-0.3, -0.25) is 0 Å². The van der Waals surface area contributed by atoms with Gasteiger partial charge < -0.3 is 20.1 Å². The quantitative estimate of drug-likeness (QED) is 0.796. The smallest absolute Gasteiger partial charge is 0.334 e. The van der Waals surface area contributed by atoms with E-state index in [0.717, 1.165) is 12.8 Å². The Morgan fingerprint density at radius 1 is 1.47 bits per heavy atom. The fraction of sp³-hybridized carbons (Fsp3) is 0.846. The van der Waals surface area contributed by atoms with Crippen LogP contribution in [0.3, 0.4) is 0 Å². The molecule has 108 valence electrons. The lowest BCUT2D eigenvalue weighted by atomic mass is 9.92. The maximum absolute atomic E-state index is 12.0. The molecule has 0 radical (unpaired) electrons. The van der Waals surface area contributed by atoms with Crippen molar-refractivity contribution < 1.29 is 19.4 Å².